The summed E-state index contributed by atoms with van der Waals surface area (Å²) in [7, 11) is 3.04. The highest BCUT2D eigenvalue weighted by atomic mass is 32.1. The topological polar surface area (TPSA) is 89.0 Å². The molecule has 1 fully saturated rings. The van der Waals surface area contributed by atoms with Crippen LogP contribution in [0.5, 0.6) is 11.5 Å². The van der Waals surface area contributed by atoms with Crippen molar-refractivity contribution in [2.45, 2.75) is 13.0 Å². The van der Waals surface area contributed by atoms with Crippen molar-refractivity contribution in [3.05, 3.63) is 89.0 Å². The fraction of sp³-hybridized carbons (Fsp3) is 0.148. The van der Waals surface area contributed by atoms with Crippen molar-refractivity contribution in [2.75, 3.05) is 19.1 Å². The Labute approximate surface area is 205 Å². The maximum absolute atomic E-state index is 13.4. The van der Waals surface area contributed by atoms with Crippen LogP contribution in [0.4, 0.5) is 5.13 Å². The lowest BCUT2D eigenvalue weighted by molar-refractivity contribution is -0.132. The van der Waals surface area contributed by atoms with E-state index in [1.54, 1.807) is 42.5 Å². The number of methoxy groups -OCH3 is 2. The lowest BCUT2D eigenvalue weighted by Gasteiger charge is -2.23. The van der Waals surface area contributed by atoms with E-state index < -0.39 is 17.7 Å². The molecule has 1 saturated heterocycles. The predicted octanol–water partition coefficient (Wildman–Crippen LogP) is 5.25. The van der Waals surface area contributed by atoms with Gasteiger partial charge in [-0.2, -0.15) is 0 Å². The first kappa shape index (κ1) is 22.6. The number of carbonyl (C=O) groups excluding carboxylic acids is 2. The SMILES string of the molecule is COc1ccc(C2C(=C(O)c3ccccc3)C(=O)C(=O)N2c2nc3ccc(C)cc3s2)cc1OC. The number of aromatic nitrogens is 1. The Morgan fingerprint density at radius 2 is 1.71 bits per heavy atom. The van der Waals surface area contributed by atoms with Crippen molar-refractivity contribution in [1.82, 2.24) is 4.98 Å². The van der Waals surface area contributed by atoms with E-state index in [2.05, 4.69) is 4.98 Å². The summed E-state index contributed by atoms with van der Waals surface area (Å²) in [5.41, 5.74) is 2.80. The molecule has 0 saturated carbocycles. The van der Waals surface area contributed by atoms with Crippen molar-refractivity contribution in [1.29, 1.82) is 0 Å². The molecule has 0 spiro atoms. The summed E-state index contributed by atoms with van der Waals surface area (Å²) in [6.07, 6.45) is 0. The van der Waals surface area contributed by atoms with Gasteiger partial charge in [0.2, 0.25) is 0 Å². The zero-order valence-corrected chi connectivity index (χ0v) is 20.1. The average Bonchev–Trinajstić information content (AvgIpc) is 3.41. The van der Waals surface area contributed by atoms with Gasteiger partial charge in [-0.1, -0.05) is 53.8 Å². The number of nitrogens with zero attached hydrogens (tertiary/aromatic N) is 2. The summed E-state index contributed by atoms with van der Waals surface area (Å²) < 4.78 is 11.7. The summed E-state index contributed by atoms with van der Waals surface area (Å²) in [5.74, 6) is -0.829. The van der Waals surface area contributed by atoms with Crippen molar-refractivity contribution in [3.63, 3.8) is 0 Å². The van der Waals surface area contributed by atoms with Crippen LogP contribution in [0.1, 0.15) is 22.7 Å². The van der Waals surface area contributed by atoms with E-state index in [4.69, 9.17) is 9.47 Å². The second-order valence-electron chi connectivity index (χ2n) is 8.12. The highest BCUT2D eigenvalue weighted by Crippen LogP contribution is 2.45. The largest absolute Gasteiger partial charge is 0.507 e. The first-order valence-corrected chi connectivity index (χ1v) is 11.7. The lowest BCUT2D eigenvalue weighted by atomic mass is 9.95. The van der Waals surface area contributed by atoms with Gasteiger partial charge in [0.05, 0.1) is 36.1 Å². The van der Waals surface area contributed by atoms with Gasteiger partial charge < -0.3 is 14.6 Å². The van der Waals surface area contributed by atoms with Crippen molar-refractivity contribution in [2.24, 2.45) is 0 Å². The summed E-state index contributed by atoms with van der Waals surface area (Å²) in [5, 5.41) is 11.6. The molecule has 3 aromatic carbocycles. The van der Waals surface area contributed by atoms with E-state index in [0.717, 1.165) is 15.8 Å². The molecule has 1 aliphatic rings. The van der Waals surface area contributed by atoms with Crippen LogP contribution in [0.25, 0.3) is 16.0 Å². The summed E-state index contributed by atoms with van der Waals surface area (Å²) in [6.45, 7) is 1.98. The molecule has 1 atom stereocenters. The van der Waals surface area contributed by atoms with Gasteiger partial charge in [0.1, 0.15) is 5.76 Å². The maximum atomic E-state index is 13.4. The van der Waals surface area contributed by atoms with Gasteiger partial charge in [0.15, 0.2) is 16.6 Å². The average molecular weight is 487 g/mol. The highest BCUT2D eigenvalue weighted by molar-refractivity contribution is 7.22. The normalized spacial score (nSPS) is 17.2. The number of thiazole rings is 1. The molecule has 0 aliphatic carbocycles. The third-order valence-electron chi connectivity index (χ3n) is 5.95. The number of amides is 1. The minimum atomic E-state index is -0.906. The molecular formula is C27H22N2O5S. The van der Waals surface area contributed by atoms with E-state index in [1.807, 2.05) is 31.2 Å². The molecule has 4 aromatic rings. The van der Waals surface area contributed by atoms with Crippen LogP contribution < -0.4 is 14.4 Å². The van der Waals surface area contributed by atoms with Crippen LogP contribution in [0.3, 0.4) is 0 Å². The minimum absolute atomic E-state index is 0.0103. The number of hydrogen-bond donors (Lipinski definition) is 1. The number of Topliss-reactive ketones (excluding diaryl/α,β-unsaturated/α-hetero) is 1. The van der Waals surface area contributed by atoms with E-state index in [0.29, 0.717) is 27.8 Å². The monoisotopic (exact) mass is 486 g/mol. The van der Waals surface area contributed by atoms with Crippen molar-refractivity contribution in [3.8, 4) is 11.5 Å². The molecule has 0 bridgehead atoms. The second kappa shape index (κ2) is 8.88. The third-order valence-corrected chi connectivity index (χ3v) is 6.97. The smallest absolute Gasteiger partial charge is 0.301 e. The molecule has 1 amide bonds. The first-order chi connectivity index (χ1) is 16.9. The molecule has 5 rings (SSSR count). The molecule has 176 valence electrons. The Morgan fingerprint density at radius 3 is 2.43 bits per heavy atom. The van der Waals surface area contributed by atoms with Crippen LogP contribution in [-0.4, -0.2) is 36.0 Å². The number of ketones is 1. The number of aryl methyl sites for hydroxylation is 1. The molecule has 0 radical (unpaired) electrons. The number of benzene rings is 3. The molecule has 1 N–H and O–H groups in total. The predicted molar refractivity (Wildman–Crippen MR) is 135 cm³/mol. The molecular weight excluding hydrogens is 464 g/mol. The van der Waals surface area contributed by atoms with E-state index >= 15 is 0 Å². The van der Waals surface area contributed by atoms with Gasteiger partial charge in [-0.05, 0) is 42.3 Å². The number of anilines is 1. The van der Waals surface area contributed by atoms with Crippen molar-refractivity contribution < 1.29 is 24.2 Å². The number of ether oxygens (including phenoxy) is 2. The Bertz CT molecular complexity index is 1490. The molecule has 1 aliphatic heterocycles. The number of aliphatic hydroxyl groups is 1. The Balaban J connectivity index is 1.75. The molecule has 8 heteroatoms. The third kappa shape index (κ3) is 3.81. The van der Waals surface area contributed by atoms with Crippen LogP contribution in [0.2, 0.25) is 0 Å². The fourth-order valence-electron chi connectivity index (χ4n) is 4.24. The molecule has 2 heterocycles. The number of fused-ring (bicyclic) bond motifs is 1. The number of aliphatic hydroxyl groups excluding tert-OH is 1. The number of rotatable bonds is 5. The highest BCUT2D eigenvalue weighted by Gasteiger charge is 2.48. The number of carbonyl (C=O) groups is 2. The first-order valence-electron chi connectivity index (χ1n) is 10.9. The van der Waals surface area contributed by atoms with E-state index in [1.165, 1.54) is 30.5 Å². The maximum Gasteiger partial charge on any atom is 0.301 e. The quantitative estimate of drug-likeness (QED) is 0.236. The van der Waals surface area contributed by atoms with Crippen molar-refractivity contribution >= 4 is 44.1 Å². The lowest BCUT2D eigenvalue weighted by Crippen LogP contribution is -2.29. The van der Waals surface area contributed by atoms with Crippen LogP contribution >= 0.6 is 11.3 Å². The van der Waals surface area contributed by atoms with Crippen LogP contribution in [-0.2, 0) is 9.59 Å². The fourth-order valence-corrected chi connectivity index (χ4v) is 5.33. The Kier molecular flexibility index (Phi) is 5.74. The second-order valence-corrected chi connectivity index (χ2v) is 9.13. The van der Waals surface area contributed by atoms with Crippen LogP contribution in [0.15, 0.2) is 72.3 Å². The van der Waals surface area contributed by atoms with Crippen LogP contribution in [0, 0.1) is 6.92 Å². The standard InChI is InChI=1S/C27H22N2O5S/c1-15-9-11-18-21(13-15)35-27(28-18)29-23(17-10-12-19(33-2)20(14-17)34-3)22(25(31)26(29)32)24(30)16-7-5-4-6-8-16/h4-14,23,30H,1-3H3. The van der Waals surface area contributed by atoms with Gasteiger partial charge in [-0.3, -0.25) is 14.5 Å². The zero-order valence-electron chi connectivity index (χ0n) is 19.3. The van der Waals surface area contributed by atoms with Gasteiger partial charge in [-0.15, -0.1) is 0 Å². The summed E-state index contributed by atoms with van der Waals surface area (Å²) >= 11 is 1.32. The molecule has 7 nitrogen and oxygen atoms in total. The zero-order chi connectivity index (χ0) is 24.7. The minimum Gasteiger partial charge on any atom is -0.507 e. The number of hydrogen-bond acceptors (Lipinski definition) is 7. The van der Waals surface area contributed by atoms with Gasteiger partial charge in [0, 0.05) is 5.56 Å². The van der Waals surface area contributed by atoms with Gasteiger partial charge in [0.25, 0.3) is 5.78 Å². The summed E-state index contributed by atoms with van der Waals surface area (Å²) in [4.78, 5) is 32.8. The molecule has 1 unspecified atom stereocenters. The Hall–Kier alpha value is -4.17. The van der Waals surface area contributed by atoms with E-state index in [-0.39, 0.29) is 11.3 Å². The van der Waals surface area contributed by atoms with Gasteiger partial charge >= 0.3 is 5.91 Å². The Morgan fingerprint density at radius 1 is 0.971 bits per heavy atom. The summed E-state index contributed by atoms with van der Waals surface area (Å²) in [6, 6.07) is 18.8. The van der Waals surface area contributed by atoms with Gasteiger partial charge in [-0.25, -0.2) is 4.98 Å². The molecule has 1 aromatic heterocycles. The molecule has 35 heavy (non-hydrogen) atoms. The van der Waals surface area contributed by atoms with E-state index in [9.17, 15) is 14.7 Å².